The number of hydrogen-bond acceptors (Lipinski definition) is 2. The van der Waals surface area contributed by atoms with Gasteiger partial charge in [-0.25, -0.2) is 8.78 Å². The number of rotatable bonds is 5. The molecule has 2 rings (SSSR count). The van der Waals surface area contributed by atoms with Gasteiger partial charge in [0.1, 0.15) is 11.6 Å². The largest absolute Gasteiger partial charge is 0.312 e. The van der Waals surface area contributed by atoms with Gasteiger partial charge in [-0.3, -0.25) is 0 Å². The third kappa shape index (κ3) is 3.97. The summed E-state index contributed by atoms with van der Waals surface area (Å²) in [4.78, 5) is 0.884. The van der Waals surface area contributed by atoms with Crippen LogP contribution in [0.4, 0.5) is 8.78 Å². The molecule has 2 aromatic carbocycles. The van der Waals surface area contributed by atoms with E-state index in [4.69, 9.17) is 11.6 Å². The van der Waals surface area contributed by atoms with Gasteiger partial charge in [0.2, 0.25) is 0 Å². The van der Waals surface area contributed by atoms with Gasteiger partial charge < -0.3 is 5.32 Å². The zero-order chi connectivity index (χ0) is 15.4. The highest BCUT2D eigenvalue weighted by molar-refractivity contribution is 9.10. The highest BCUT2D eigenvalue weighted by Crippen LogP contribution is 2.33. The molecular formula is C15H13BrClF2NS. The first-order chi connectivity index (χ1) is 10.0. The normalized spacial score (nSPS) is 12.4. The van der Waals surface area contributed by atoms with Gasteiger partial charge in [0.15, 0.2) is 0 Å². The summed E-state index contributed by atoms with van der Waals surface area (Å²) in [6, 6.07) is 9.56. The molecule has 0 saturated carbocycles. The van der Waals surface area contributed by atoms with Gasteiger partial charge in [-0.15, -0.1) is 11.8 Å². The first kappa shape index (κ1) is 16.7. The van der Waals surface area contributed by atoms with Gasteiger partial charge in [-0.05, 0) is 47.2 Å². The topological polar surface area (TPSA) is 12.0 Å². The molecular weight excluding hydrogens is 380 g/mol. The van der Waals surface area contributed by atoms with E-state index in [0.717, 1.165) is 4.90 Å². The predicted molar refractivity (Wildman–Crippen MR) is 88.0 cm³/mol. The van der Waals surface area contributed by atoms with E-state index in [0.29, 0.717) is 10.8 Å². The molecule has 2 aromatic rings. The molecule has 0 aliphatic rings. The minimum absolute atomic E-state index is 0.0337. The summed E-state index contributed by atoms with van der Waals surface area (Å²) in [5.41, 5.74) is 0.0337. The zero-order valence-electron chi connectivity index (χ0n) is 11.2. The van der Waals surface area contributed by atoms with Crippen molar-refractivity contribution in [3.63, 3.8) is 0 Å². The molecule has 0 amide bonds. The van der Waals surface area contributed by atoms with Crippen LogP contribution in [0.1, 0.15) is 11.6 Å². The van der Waals surface area contributed by atoms with Crippen molar-refractivity contribution in [3.05, 3.63) is 63.1 Å². The van der Waals surface area contributed by atoms with Gasteiger partial charge in [0, 0.05) is 22.3 Å². The molecule has 0 aliphatic heterocycles. The Labute approximate surface area is 140 Å². The molecule has 0 aromatic heterocycles. The molecule has 0 bridgehead atoms. The Morgan fingerprint density at radius 3 is 2.62 bits per heavy atom. The van der Waals surface area contributed by atoms with E-state index in [-0.39, 0.29) is 10.0 Å². The summed E-state index contributed by atoms with van der Waals surface area (Å²) in [5, 5.41) is 3.58. The Morgan fingerprint density at radius 1 is 1.24 bits per heavy atom. The average Bonchev–Trinajstić information content (AvgIpc) is 2.48. The van der Waals surface area contributed by atoms with Crippen molar-refractivity contribution >= 4 is 39.3 Å². The van der Waals surface area contributed by atoms with Crippen molar-refractivity contribution in [2.45, 2.75) is 10.9 Å². The SMILES string of the molecule is CNC(CSc1ccccc1Cl)c1c(F)ccc(Br)c1F. The maximum absolute atomic E-state index is 14.1. The predicted octanol–water partition coefficient (Wildman–Crippen LogP) is 5.43. The summed E-state index contributed by atoms with van der Waals surface area (Å²) in [6.45, 7) is 0. The smallest absolute Gasteiger partial charge is 0.145 e. The monoisotopic (exact) mass is 391 g/mol. The summed E-state index contributed by atoms with van der Waals surface area (Å²) in [5.74, 6) is -0.672. The van der Waals surface area contributed by atoms with Crippen LogP contribution < -0.4 is 5.32 Å². The minimum Gasteiger partial charge on any atom is -0.312 e. The Bertz CT molecular complexity index is 639. The van der Waals surface area contributed by atoms with Crippen molar-refractivity contribution in [1.82, 2.24) is 5.32 Å². The lowest BCUT2D eigenvalue weighted by molar-refractivity contribution is 0.510. The van der Waals surface area contributed by atoms with E-state index < -0.39 is 17.7 Å². The lowest BCUT2D eigenvalue weighted by atomic mass is 10.1. The molecule has 0 radical (unpaired) electrons. The third-order valence-electron chi connectivity index (χ3n) is 3.02. The lowest BCUT2D eigenvalue weighted by Crippen LogP contribution is -2.21. The second kappa shape index (κ2) is 7.58. The fraction of sp³-hybridized carbons (Fsp3) is 0.200. The molecule has 6 heteroatoms. The Hall–Kier alpha value is -0.620. The van der Waals surface area contributed by atoms with E-state index >= 15 is 0 Å². The van der Waals surface area contributed by atoms with Crippen molar-refractivity contribution in [2.24, 2.45) is 0 Å². The van der Waals surface area contributed by atoms with Gasteiger partial charge in [0.25, 0.3) is 0 Å². The summed E-state index contributed by atoms with van der Waals surface area (Å²) in [7, 11) is 1.68. The van der Waals surface area contributed by atoms with Crippen LogP contribution >= 0.6 is 39.3 Å². The number of nitrogens with one attached hydrogen (secondary N) is 1. The fourth-order valence-electron chi connectivity index (χ4n) is 1.91. The van der Waals surface area contributed by atoms with E-state index in [1.807, 2.05) is 18.2 Å². The third-order valence-corrected chi connectivity index (χ3v) is 5.24. The van der Waals surface area contributed by atoms with Crippen LogP contribution in [-0.2, 0) is 0 Å². The summed E-state index contributed by atoms with van der Waals surface area (Å²) in [6.07, 6.45) is 0. The van der Waals surface area contributed by atoms with Crippen LogP contribution in [0.5, 0.6) is 0 Å². The van der Waals surface area contributed by atoms with Gasteiger partial charge in [-0.2, -0.15) is 0 Å². The number of benzene rings is 2. The van der Waals surface area contributed by atoms with Crippen LogP contribution in [0, 0.1) is 11.6 Å². The molecule has 1 nitrogen and oxygen atoms in total. The van der Waals surface area contributed by atoms with Gasteiger partial charge >= 0.3 is 0 Å². The molecule has 1 atom stereocenters. The number of halogens is 4. The molecule has 0 fully saturated rings. The number of hydrogen-bond donors (Lipinski definition) is 1. The van der Waals surface area contributed by atoms with Crippen molar-refractivity contribution in [3.8, 4) is 0 Å². The highest BCUT2D eigenvalue weighted by Gasteiger charge is 2.21. The molecule has 21 heavy (non-hydrogen) atoms. The molecule has 0 heterocycles. The van der Waals surface area contributed by atoms with Crippen LogP contribution in [0.2, 0.25) is 5.02 Å². The van der Waals surface area contributed by atoms with E-state index in [1.54, 1.807) is 13.1 Å². The quantitative estimate of drug-likeness (QED) is 0.537. The highest BCUT2D eigenvalue weighted by atomic mass is 79.9. The van der Waals surface area contributed by atoms with Gasteiger partial charge in [0.05, 0.1) is 9.50 Å². The van der Waals surface area contributed by atoms with Crippen molar-refractivity contribution in [1.29, 1.82) is 0 Å². The second-order valence-corrected chi connectivity index (χ2v) is 6.66. The Morgan fingerprint density at radius 2 is 1.95 bits per heavy atom. The summed E-state index contributed by atoms with van der Waals surface area (Å²) >= 11 is 10.6. The second-order valence-electron chi connectivity index (χ2n) is 4.34. The maximum atomic E-state index is 14.1. The zero-order valence-corrected chi connectivity index (χ0v) is 14.3. The van der Waals surface area contributed by atoms with E-state index in [9.17, 15) is 8.78 Å². The van der Waals surface area contributed by atoms with E-state index in [1.165, 1.54) is 23.9 Å². The molecule has 0 saturated heterocycles. The van der Waals surface area contributed by atoms with Gasteiger partial charge in [-0.1, -0.05) is 23.7 Å². The molecule has 112 valence electrons. The number of thioether (sulfide) groups is 1. The maximum Gasteiger partial charge on any atom is 0.145 e. The van der Waals surface area contributed by atoms with Crippen LogP contribution in [-0.4, -0.2) is 12.8 Å². The summed E-state index contributed by atoms with van der Waals surface area (Å²) < 4.78 is 28.3. The standard InChI is InChI=1S/C15H13BrClF2NS/c1-20-12(8-21-13-5-3-2-4-10(13)17)14-11(18)7-6-9(16)15(14)19/h2-7,12,20H,8H2,1H3. The van der Waals surface area contributed by atoms with E-state index in [2.05, 4.69) is 21.2 Å². The van der Waals surface area contributed by atoms with Crippen LogP contribution in [0.15, 0.2) is 45.8 Å². The molecule has 0 aliphatic carbocycles. The molecule has 0 spiro atoms. The molecule has 1 N–H and O–H groups in total. The Kier molecular flexibility index (Phi) is 6.05. The first-order valence-electron chi connectivity index (χ1n) is 6.22. The Balaban J connectivity index is 2.22. The van der Waals surface area contributed by atoms with Crippen LogP contribution in [0.25, 0.3) is 0 Å². The van der Waals surface area contributed by atoms with Crippen molar-refractivity contribution in [2.75, 3.05) is 12.8 Å². The van der Waals surface area contributed by atoms with Crippen molar-refractivity contribution < 1.29 is 8.78 Å². The molecule has 1 unspecified atom stereocenters. The minimum atomic E-state index is -0.575. The first-order valence-corrected chi connectivity index (χ1v) is 8.38. The fourth-order valence-corrected chi connectivity index (χ4v) is 3.61. The lowest BCUT2D eigenvalue weighted by Gasteiger charge is -2.18. The van der Waals surface area contributed by atoms with Crippen LogP contribution in [0.3, 0.4) is 0 Å². The average molecular weight is 393 g/mol.